The maximum absolute atomic E-state index is 12.6. The summed E-state index contributed by atoms with van der Waals surface area (Å²) in [5, 5.41) is 3.00. The zero-order chi connectivity index (χ0) is 15.2. The number of sulfonamides is 1. The summed E-state index contributed by atoms with van der Waals surface area (Å²) in [6.45, 7) is 1.15. The van der Waals surface area contributed by atoms with Crippen LogP contribution in [0.5, 0.6) is 0 Å². The molecule has 0 saturated carbocycles. The maximum Gasteiger partial charge on any atom is 0.252 e. The van der Waals surface area contributed by atoms with E-state index in [1.54, 1.807) is 21.8 Å². The van der Waals surface area contributed by atoms with Crippen LogP contribution in [-0.2, 0) is 10.0 Å². The number of nitrogens with one attached hydrogen (secondary N) is 1. The highest BCUT2D eigenvalue weighted by atomic mass is 32.2. The van der Waals surface area contributed by atoms with E-state index in [1.165, 1.54) is 22.3 Å². The van der Waals surface area contributed by atoms with Gasteiger partial charge in [0.25, 0.3) is 10.0 Å². The van der Waals surface area contributed by atoms with Gasteiger partial charge in [0.15, 0.2) is 0 Å². The first kappa shape index (κ1) is 14.0. The number of rotatable bonds is 3. The Hall–Kier alpha value is -1.63. The Labute approximate surface area is 133 Å². The second-order valence-corrected chi connectivity index (χ2v) is 8.68. The zero-order valence-electron chi connectivity index (χ0n) is 11.9. The average molecular weight is 332 g/mol. The van der Waals surface area contributed by atoms with Gasteiger partial charge in [0, 0.05) is 36.1 Å². The van der Waals surface area contributed by atoms with Crippen molar-refractivity contribution in [2.45, 2.75) is 16.5 Å². The Bertz CT molecular complexity index is 897. The fourth-order valence-electron chi connectivity index (χ4n) is 3.17. The van der Waals surface area contributed by atoms with Crippen LogP contribution in [0, 0.1) is 0 Å². The van der Waals surface area contributed by atoms with Crippen LogP contribution in [-0.4, -0.2) is 30.8 Å². The molecule has 2 aromatic heterocycles. The summed E-state index contributed by atoms with van der Waals surface area (Å²) in [4.78, 5) is 3.28. The van der Waals surface area contributed by atoms with Gasteiger partial charge in [0.1, 0.15) is 4.21 Å². The molecule has 0 amide bonds. The zero-order valence-corrected chi connectivity index (χ0v) is 13.5. The van der Waals surface area contributed by atoms with Crippen LogP contribution in [0.15, 0.2) is 52.2 Å². The predicted octanol–water partition coefficient (Wildman–Crippen LogP) is 3.41. The molecule has 114 valence electrons. The number of benzene rings is 1. The molecule has 1 unspecified atom stereocenters. The monoisotopic (exact) mass is 332 g/mol. The number of thiophene rings is 1. The van der Waals surface area contributed by atoms with Gasteiger partial charge in [-0.3, -0.25) is 0 Å². The number of para-hydroxylation sites is 1. The largest absolute Gasteiger partial charge is 0.361 e. The molecule has 0 aliphatic carbocycles. The molecular weight excluding hydrogens is 316 g/mol. The lowest BCUT2D eigenvalue weighted by atomic mass is 9.98. The molecule has 1 saturated heterocycles. The van der Waals surface area contributed by atoms with E-state index in [2.05, 4.69) is 11.1 Å². The third-order valence-corrected chi connectivity index (χ3v) is 7.54. The summed E-state index contributed by atoms with van der Waals surface area (Å²) >= 11 is 1.28. The topological polar surface area (TPSA) is 53.2 Å². The Morgan fingerprint density at radius 1 is 1.18 bits per heavy atom. The Morgan fingerprint density at radius 2 is 2.05 bits per heavy atom. The van der Waals surface area contributed by atoms with Gasteiger partial charge in [0.2, 0.25) is 0 Å². The molecule has 1 atom stereocenters. The van der Waals surface area contributed by atoms with E-state index in [4.69, 9.17) is 0 Å². The molecule has 1 aliphatic rings. The van der Waals surface area contributed by atoms with E-state index in [0.717, 1.165) is 11.9 Å². The van der Waals surface area contributed by atoms with Crippen LogP contribution in [0.4, 0.5) is 0 Å². The first-order valence-electron chi connectivity index (χ1n) is 7.26. The van der Waals surface area contributed by atoms with Crippen molar-refractivity contribution in [2.24, 2.45) is 0 Å². The second-order valence-electron chi connectivity index (χ2n) is 5.57. The molecular formula is C16H16N2O2S2. The lowest BCUT2D eigenvalue weighted by molar-refractivity contribution is 0.475. The average Bonchev–Trinajstić information content (AvgIpc) is 3.26. The molecule has 1 aromatic carbocycles. The highest BCUT2D eigenvalue weighted by molar-refractivity contribution is 7.91. The van der Waals surface area contributed by atoms with Gasteiger partial charge in [0.05, 0.1) is 0 Å². The molecule has 3 aromatic rings. The third-order valence-electron chi connectivity index (χ3n) is 4.30. The molecule has 1 fully saturated rings. The summed E-state index contributed by atoms with van der Waals surface area (Å²) in [5.74, 6) is 0.255. The van der Waals surface area contributed by atoms with Gasteiger partial charge in [-0.1, -0.05) is 24.3 Å². The minimum atomic E-state index is -3.33. The highest BCUT2D eigenvalue weighted by Crippen LogP contribution is 2.35. The van der Waals surface area contributed by atoms with Crippen LogP contribution in [0.2, 0.25) is 0 Å². The van der Waals surface area contributed by atoms with Crippen molar-refractivity contribution in [1.82, 2.24) is 9.29 Å². The minimum absolute atomic E-state index is 0.255. The van der Waals surface area contributed by atoms with Gasteiger partial charge in [-0.15, -0.1) is 11.3 Å². The smallest absolute Gasteiger partial charge is 0.252 e. The quantitative estimate of drug-likeness (QED) is 0.799. The first-order chi connectivity index (χ1) is 10.7. The number of fused-ring (bicyclic) bond motifs is 1. The van der Waals surface area contributed by atoms with Gasteiger partial charge in [-0.25, -0.2) is 8.42 Å². The normalized spacial score (nSPS) is 19.9. The summed E-state index contributed by atoms with van der Waals surface area (Å²) in [6.07, 6.45) is 2.89. The lowest BCUT2D eigenvalue weighted by Crippen LogP contribution is -2.28. The van der Waals surface area contributed by atoms with Crippen LogP contribution >= 0.6 is 11.3 Å². The van der Waals surface area contributed by atoms with E-state index >= 15 is 0 Å². The summed E-state index contributed by atoms with van der Waals surface area (Å²) < 4.78 is 27.3. The van der Waals surface area contributed by atoms with Gasteiger partial charge in [-0.2, -0.15) is 4.31 Å². The van der Waals surface area contributed by atoms with Crippen LogP contribution < -0.4 is 0 Å². The lowest BCUT2D eigenvalue weighted by Gasteiger charge is -2.15. The predicted molar refractivity (Wildman–Crippen MR) is 88.7 cm³/mol. The third kappa shape index (κ3) is 2.18. The molecule has 22 heavy (non-hydrogen) atoms. The van der Waals surface area contributed by atoms with Gasteiger partial charge < -0.3 is 4.98 Å². The minimum Gasteiger partial charge on any atom is -0.361 e. The van der Waals surface area contributed by atoms with E-state index < -0.39 is 10.0 Å². The van der Waals surface area contributed by atoms with E-state index in [9.17, 15) is 8.42 Å². The highest BCUT2D eigenvalue weighted by Gasteiger charge is 2.34. The number of hydrogen-bond acceptors (Lipinski definition) is 3. The first-order valence-corrected chi connectivity index (χ1v) is 9.58. The standard InChI is InChI=1S/C16H16N2O2S2/c19-22(20,16-6-3-9-21-16)18-8-7-12(11-18)14-10-17-15-5-2-1-4-13(14)15/h1-6,9-10,12,17H,7-8,11H2. The SMILES string of the molecule is O=S(=O)(c1cccs1)N1CCC(c2c[nH]c3ccccc23)C1. The second kappa shape index (κ2) is 5.22. The fraction of sp³-hybridized carbons (Fsp3) is 0.250. The maximum atomic E-state index is 12.6. The van der Waals surface area contributed by atoms with Crippen molar-refractivity contribution in [3.63, 3.8) is 0 Å². The Kier molecular flexibility index (Phi) is 3.32. The molecule has 4 rings (SSSR count). The van der Waals surface area contributed by atoms with Crippen molar-refractivity contribution < 1.29 is 8.42 Å². The van der Waals surface area contributed by atoms with Crippen LogP contribution in [0.25, 0.3) is 10.9 Å². The molecule has 0 spiro atoms. The molecule has 3 heterocycles. The van der Waals surface area contributed by atoms with Gasteiger partial charge in [-0.05, 0) is 29.5 Å². The molecule has 0 radical (unpaired) electrons. The molecule has 1 aliphatic heterocycles. The summed E-state index contributed by atoms with van der Waals surface area (Å²) in [6, 6.07) is 11.6. The van der Waals surface area contributed by atoms with Crippen molar-refractivity contribution in [3.05, 3.63) is 53.5 Å². The molecule has 1 N–H and O–H groups in total. The number of H-pyrrole nitrogens is 1. The molecule has 6 heteroatoms. The van der Waals surface area contributed by atoms with Gasteiger partial charge >= 0.3 is 0 Å². The van der Waals surface area contributed by atoms with E-state index in [1.807, 2.05) is 24.4 Å². The van der Waals surface area contributed by atoms with Crippen molar-refractivity contribution in [2.75, 3.05) is 13.1 Å². The van der Waals surface area contributed by atoms with Crippen LogP contribution in [0.1, 0.15) is 17.9 Å². The van der Waals surface area contributed by atoms with Crippen molar-refractivity contribution in [1.29, 1.82) is 0 Å². The molecule has 4 nitrogen and oxygen atoms in total. The fourth-order valence-corrected chi connectivity index (χ4v) is 5.81. The van der Waals surface area contributed by atoms with Crippen molar-refractivity contribution >= 4 is 32.3 Å². The number of aromatic nitrogens is 1. The van der Waals surface area contributed by atoms with Crippen LogP contribution in [0.3, 0.4) is 0 Å². The number of hydrogen-bond donors (Lipinski definition) is 1. The Morgan fingerprint density at radius 3 is 2.86 bits per heavy atom. The Balaban J connectivity index is 1.63. The number of nitrogens with zero attached hydrogens (tertiary/aromatic N) is 1. The summed E-state index contributed by atoms with van der Waals surface area (Å²) in [5.41, 5.74) is 2.33. The van der Waals surface area contributed by atoms with Crippen molar-refractivity contribution in [3.8, 4) is 0 Å². The van der Waals surface area contributed by atoms with E-state index in [-0.39, 0.29) is 5.92 Å². The van der Waals surface area contributed by atoms with E-state index in [0.29, 0.717) is 17.3 Å². The number of aromatic amines is 1. The summed E-state index contributed by atoms with van der Waals surface area (Å²) in [7, 11) is -3.33. The molecule has 0 bridgehead atoms.